The van der Waals surface area contributed by atoms with Crippen molar-refractivity contribution in [1.82, 2.24) is 9.97 Å². The highest BCUT2D eigenvalue weighted by Crippen LogP contribution is 2.37. The lowest BCUT2D eigenvalue weighted by Gasteiger charge is -2.15. The molecule has 0 spiro atoms. The maximum absolute atomic E-state index is 14.1. The van der Waals surface area contributed by atoms with Gasteiger partial charge in [-0.3, -0.25) is 0 Å². The van der Waals surface area contributed by atoms with Gasteiger partial charge in [0.15, 0.2) is 0 Å². The molecule has 0 unspecified atom stereocenters. The van der Waals surface area contributed by atoms with E-state index in [9.17, 15) is 17.6 Å². The summed E-state index contributed by atoms with van der Waals surface area (Å²) in [4.78, 5) is 8.35. The van der Waals surface area contributed by atoms with Crippen molar-refractivity contribution in [3.8, 4) is 11.3 Å². The third-order valence-corrected chi connectivity index (χ3v) is 3.59. The first-order valence-corrected chi connectivity index (χ1v) is 7.63. The predicted octanol–water partition coefficient (Wildman–Crippen LogP) is 5.09. The summed E-state index contributed by atoms with van der Waals surface area (Å²) in [5.74, 6) is -0.789. The van der Waals surface area contributed by atoms with Gasteiger partial charge in [-0.05, 0) is 12.1 Å². The van der Waals surface area contributed by atoms with Gasteiger partial charge in [-0.2, -0.15) is 18.2 Å². The fourth-order valence-corrected chi connectivity index (χ4v) is 2.40. The van der Waals surface area contributed by atoms with E-state index in [4.69, 9.17) is 0 Å². The van der Waals surface area contributed by atoms with Crippen LogP contribution in [0, 0.1) is 5.82 Å². The third-order valence-electron chi connectivity index (χ3n) is 3.59. The van der Waals surface area contributed by atoms with Crippen molar-refractivity contribution in [2.75, 3.05) is 17.7 Å². The Balaban J connectivity index is 2.07. The van der Waals surface area contributed by atoms with E-state index in [0.717, 1.165) is 23.8 Å². The van der Waals surface area contributed by atoms with E-state index in [2.05, 4.69) is 20.6 Å². The molecule has 3 rings (SSSR count). The highest BCUT2D eigenvalue weighted by atomic mass is 19.4. The zero-order valence-electron chi connectivity index (χ0n) is 13.6. The van der Waals surface area contributed by atoms with Crippen molar-refractivity contribution in [3.05, 3.63) is 66.0 Å². The summed E-state index contributed by atoms with van der Waals surface area (Å²) in [6, 6.07) is 13.3. The molecular formula is C18H14F4N4. The van der Waals surface area contributed by atoms with Gasteiger partial charge in [0, 0.05) is 18.7 Å². The Kier molecular flexibility index (Phi) is 4.75. The van der Waals surface area contributed by atoms with Gasteiger partial charge in [-0.15, -0.1) is 0 Å². The number of rotatable bonds is 4. The van der Waals surface area contributed by atoms with Crippen LogP contribution in [-0.2, 0) is 6.18 Å². The summed E-state index contributed by atoms with van der Waals surface area (Å²) in [5.41, 5.74) is -0.556. The average molecular weight is 362 g/mol. The molecule has 0 saturated heterocycles. The van der Waals surface area contributed by atoms with E-state index in [-0.39, 0.29) is 11.8 Å². The standard InChI is InChI=1S/C18H14F4N4/c1-23-17-24-14(11-6-3-2-4-7-11)10-15(26-17)25-16-12(18(20,21)22)8-5-9-13(16)19/h2-10H,1H3,(H2,23,24,25,26). The second-order valence-electron chi connectivity index (χ2n) is 5.36. The van der Waals surface area contributed by atoms with Gasteiger partial charge in [-0.1, -0.05) is 36.4 Å². The van der Waals surface area contributed by atoms with Crippen molar-refractivity contribution in [1.29, 1.82) is 0 Å². The first-order chi connectivity index (χ1) is 12.4. The topological polar surface area (TPSA) is 49.8 Å². The smallest absolute Gasteiger partial charge is 0.357 e. The summed E-state index contributed by atoms with van der Waals surface area (Å²) in [5, 5.41) is 5.19. The second kappa shape index (κ2) is 6.99. The Bertz CT molecular complexity index is 911. The molecule has 0 amide bonds. The number of hydrogen-bond donors (Lipinski definition) is 2. The molecule has 1 aromatic heterocycles. The maximum Gasteiger partial charge on any atom is 0.418 e. The van der Waals surface area contributed by atoms with Crippen molar-refractivity contribution in [3.63, 3.8) is 0 Å². The quantitative estimate of drug-likeness (QED) is 0.635. The SMILES string of the molecule is CNc1nc(Nc2c(F)cccc2C(F)(F)F)cc(-c2ccccc2)n1. The zero-order chi connectivity index (χ0) is 18.7. The number of anilines is 3. The number of aromatic nitrogens is 2. The molecule has 0 radical (unpaired) electrons. The van der Waals surface area contributed by atoms with Crippen molar-refractivity contribution < 1.29 is 17.6 Å². The minimum absolute atomic E-state index is 0.0406. The Morgan fingerprint density at radius 2 is 1.65 bits per heavy atom. The lowest BCUT2D eigenvalue weighted by Crippen LogP contribution is -2.11. The van der Waals surface area contributed by atoms with Crippen LogP contribution >= 0.6 is 0 Å². The third kappa shape index (κ3) is 3.74. The van der Waals surface area contributed by atoms with Gasteiger partial charge in [-0.25, -0.2) is 9.37 Å². The molecular weight excluding hydrogens is 348 g/mol. The highest BCUT2D eigenvalue weighted by molar-refractivity contribution is 5.69. The Morgan fingerprint density at radius 1 is 0.923 bits per heavy atom. The highest BCUT2D eigenvalue weighted by Gasteiger charge is 2.34. The van der Waals surface area contributed by atoms with Crippen LogP contribution in [-0.4, -0.2) is 17.0 Å². The monoisotopic (exact) mass is 362 g/mol. The van der Waals surface area contributed by atoms with Crippen LogP contribution in [0.4, 0.5) is 35.0 Å². The van der Waals surface area contributed by atoms with E-state index >= 15 is 0 Å². The first-order valence-electron chi connectivity index (χ1n) is 7.63. The zero-order valence-corrected chi connectivity index (χ0v) is 13.6. The van der Waals surface area contributed by atoms with Gasteiger partial charge < -0.3 is 10.6 Å². The van der Waals surface area contributed by atoms with E-state index < -0.39 is 23.2 Å². The van der Waals surface area contributed by atoms with Crippen molar-refractivity contribution in [2.45, 2.75) is 6.18 Å². The molecule has 134 valence electrons. The van der Waals surface area contributed by atoms with Crippen LogP contribution in [0.2, 0.25) is 0 Å². The van der Waals surface area contributed by atoms with Crippen LogP contribution in [0.15, 0.2) is 54.6 Å². The molecule has 2 N–H and O–H groups in total. The lowest BCUT2D eigenvalue weighted by atomic mass is 10.1. The molecule has 26 heavy (non-hydrogen) atoms. The average Bonchev–Trinajstić information content (AvgIpc) is 2.63. The number of para-hydroxylation sites is 1. The van der Waals surface area contributed by atoms with Gasteiger partial charge in [0.05, 0.1) is 16.9 Å². The number of alkyl halides is 3. The molecule has 0 aliphatic carbocycles. The molecule has 4 nitrogen and oxygen atoms in total. The molecule has 0 aliphatic heterocycles. The van der Waals surface area contributed by atoms with Crippen LogP contribution in [0.3, 0.4) is 0 Å². The fourth-order valence-electron chi connectivity index (χ4n) is 2.40. The van der Waals surface area contributed by atoms with Gasteiger partial charge in [0.2, 0.25) is 5.95 Å². The molecule has 0 fully saturated rings. The lowest BCUT2D eigenvalue weighted by molar-refractivity contribution is -0.137. The molecule has 0 saturated carbocycles. The van der Waals surface area contributed by atoms with Crippen LogP contribution in [0.1, 0.15) is 5.56 Å². The van der Waals surface area contributed by atoms with Crippen LogP contribution in [0.25, 0.3) is 11.3 Å². The Hall–Kier alpha value is -3.16. The molecule has 2 aromatic carbocycles. The molecule has 3 aromatic rings. The number of halogens is 4. The molecule has 8 heteroatoms. The molecule has 0 bridgehead atoms. The van der Waals surface area contributed by atoms with Crippen molar-refractivity contribution >= 4 is 17.5 Å². The Labute approximate surface area is 146 Å². The van der Waals surface area contributed by atoms with Crippen LogP contribution in [0.5, 0.6) is 0 Å². The second-order valence-corrected chi connectivity index (χ2v) is 5.36. The normalized spacial score (nSPS) is 11.3. The van der Waals surface area contributed by atoms with E-state index in [1.807, 2.05) is 18.2 Å². The minimum Gasteiger partial charge on any atom is -0.357 e. The van der Waals surface area contributed by atoms with E-state index in [0.29, 0.717) is 5.69 Å². The van der Waals surface area contributed by atoms with Crippen LogP contribution < -0.4 is 10.6 Å². The molecule has 1 heterocycles. The fraction of sp³-hybridized carbons (Fsp3) is 0.111. The number of hydrogen-bond acceptors (Lipinski definition) is 4. The molecule has 0 aliphatic rings. The van der Waals surface area contributed by atoms with E-state index in [1.54, 1.807) is 19.2 Å². The maximum atomic E-state index is 14.1. The number of nitrogens with zero attached hydrogens (tertiary/aromatic N) is 2. The van der Waals surface area contributed by atoms with Gasteiger partial charge in [0.1, 0.15) is 11.6 Å². The van der Waals surface area contributed by atoms with Gasteiger partial charge >= 0.3 is 6.18 Å². The minimum atomic E-state index is -4.70. The summed E-state index contributed by atoms with van der Waals surface area (Å²) in [7, 11) is 1.58. The molecule has 0 atom stereocenters. The first kappa shape index (κ1) is 17.7. The Morgan fingerprint density at radius 3 is 2.31 bits per heavy atom. The van der Waals surface area contributed by atoms with E-state index in [1.165, 1.54) is 6.07 Å². The number of benzene rings is 2. The summed E-state index contributed by atoms with van der Waals surface area (Å²) < 4.78 is 53.6. The summed E-state index contributed by atoms with van der Waals surface area (Å²) in [6.07, 6.45) is -4.70. The summed E-state index contributed by atoms with van der Waals surface area (Å²) in [6.45, 7) is 0. The predicted molar refractivity (Wildman–Crippen MR) is 91.7 cm³/mol. The largest absolute Gasteiger partial charge is 0.418 e. The number of nitrogens with one attached hydrogen (secondary N) is 2. The van der Waals surface area contributed by atoms with Crippen molar-refractivity contribution in [2.24, 2.45) is 0 Å². The van der Waals surface area contributed by atoms with Gasteiger partial charge in [0.25, 0.3) is 0 Å². The summed E-state index contributed by atoms with van der Waals surface area (Å²) >= 11 is 0.